The van der Waals surface area contributed by atoms with Gasteiger partial charge in [0.15, 0.2) is 0 Å². The van der Waals surface area contributed by atoms with Crippen LogP contribution in [-0.2, 0) is 4.74 Å². The highest BCUT2D eigenvalue weighted by atomic mass is 16.5. The van der Waals surface area contributed by atoms with E-state index in [1.807, 2.05) is 0 Å². The predicted molar refractivity (Wildman–Crippen MR) is 40.6 cm³/mol. The van der Waals surface area contributed by atoms with E-state index in [0.29, 0.717) is 6.10 Å². The number of nitrogens with two attached hydrogens (primary N) is 2. The molecule has 0 aromatic rings. The Balaban J connectivity index is 2.33. The molecule has 0 saturated heterocycles. The lowest BCUT2D eigenvalue weighted by molar-refractivity contribution is 0.0591. The van der Waals surface area contributed by atoms with Gasteiger partial charge in [0.2, 0.25) is 0 Å². The first kappa shape index (κ1) is 7.98. The first-order valence-electron chi connectivity index (χ1n) is 3.78. The number of methoxy groups -OCH3 is 1. The average Bonchev–Trinajstić information content (AvgIpc) is 1.95. The van der Waals surface area contributed by atoms with E-state index in [2.05, 4.69) is 0 Å². The molecule has 0 spiro atoms. The lowest BCUT2D eigenvalue weighted by Crippen LogP contribution is -2.47. The van der Waals surface area contributed by atoms with Crippen LogP contribution >= 0.6 is 0 Å². The molecule has 0 aromatic heterocycles. The molecular formula is C7H16N2O. The van der Waals surface area contributed by atoms with Gasteiger partial charge in [-0.15, -0.1) is 0 Å². The zero-order chi connectivity index (χ0) is 7.56. The van der Waals surface area contributed by atoms with E-state index < -0.39 is 0 Å². The van der Waals surface area contributed by atoms with Gasteiger partial charge in [-0.3, -0.25) is 0 Å². The Morgan fingerprint density at radius 3 is 2.40 bits per heavy atom. The third kappa shape index (κ3) is 1.68. The van der Waals surface area contributed by atoms with Crippen molar-refractivity contribution in [1.82, 2.24) is 0 Å². The minimum Gasteiger partial charge on any atom is -0.381 e. The predicted octanol–water partition coefficient (Wildman–Crippen LogP) is -0.160. The number of ether oxygens (including phenoxy) is 1. The second-order valence-electron chi connectivity index (χ2n) is 3.00. The van der Waals surface area contributed by atoms with Crippen molar-refractivity contribution in [1.29, 1.82) is 0 Å². The summed E-state index contributed by atoms with van der Waals surface area (Å²) in [5, 5.41) is 0. The highest BCUT2D eigenvalue weighted by Gasteiger charge is 2.24. The molecule has 4 N–H and O–H groups in total. The zero-order valence-corrected chi connectivity index (χ0v) is 6.42. The van der Waals surface area contributed by atoms with Crippen molar-refractivity contribution in [2.45, 2.75) is 37.5 Å². The van der Waals surface area contributed by atoms with E-state index in [1.54, 1.807) is 7.11 Å². The molecule has 0 heterocycles. The molecule has 1 aliphatic carbocycles. The molecule has 0 bridgehead atoms. The van der Waals surface area contributed by atoms with E-state index in [0.717, 1.165) is 19.3 Å². The van der Waals surface area contributed by atoms with Crippen molar-refractivity contribution in [3.63, 3.8) is 0 Å². The smallest absolute Gasteiger partial charge is 0.0587 e. The van der Waals surface area contributed by atoms with Gasteiger partial charge in [-0.2, -0.15) is 0 Å². The van der Waals surface area contributed by atoms with Crippen LogP contribution in [0.2, 0.25) is 0 Å². The van der Waals surface area contributed by atoms with Crippen molar-refractivity contribution in [3.05, 3.63) is 0 Å². The van der Waals surface area contributed by atoms with Crippen molar-refractivity contribution in [3.8, 4) is 0 Å². The molecule has 1 fully saturated rings. The minimum absolute atomic E-state index is 0.138. The fourth-order valence-corrected chi connectivity index (χ4v) is 1.40. The molecule has 3 heteroatoms. The Morgan fingerprint density at radius 2 is 1.90 bits per heavy atom. The first-order chi connectivity index (χ1) is 4.74. The van der Waals surface area contributed by atoms with Crippen LogP contribution in [0.5, 0.6) is 0 Å². The first-order valence-corrected chi connectivity index (χ1v) is 3.78. The molecule has 1 aliphatic rings. The van der Waals surface area contributed by atoms with Gasteiger partial charge in [-0.25, -0.2) is 0 Å². The van der Waals surface area contributed by atoms with Crippen LogP contribution in [0.25, 0.3) is 0 Å². The summed E-state index contributed by atoms with van der Waals surface area (Å²) in [4.78, 5) is 0. The summed E-state index contributed by atoms with van der Waals surface area (Å²) in [5.74, 6) is 0. The molecule has 60 valence electrons. The van der Waals surface area contributed by atoms with Gasteiger partial charge in [0.05, 0.1) is 6.10 Å². The zero-order valence-electron chi connectivity index (χ0n) is 6.42. The van der Waals surface area contributed by atoms with Crippen LogP contribution in [0, 0.1) is 0 Å². The summed E-state index contributed by atoms with van der Waals surface area (Å²) in [6.07, 6.45) is 3.32. The molecule has 3 atom stereocenters. The van der Waals surface area contributed by atoms with E-state index in [1.165, 1.54) is 0 Å². The summed E-state index contributed by atoms with van der Waals surface area (Å²) in [5.41, 5.74) is 11.5. The Kier molecular flexibility index (Phi) is 2.65. The summed E-state index contributed by atoms with van der Waals surface area (Å²) in [7, 11) is 1.73. The van der Waals surface area contributed by atoms with Crippen molar-refractivity contribution < 1.29 is 4.74 Å². The maximum Gasteiger partial charge on any atom is 0.0587 e. The van der Waals surface area contributed by atoms with Gasteiger partial charge < -0.3 is 16.2 Å². The topological polar surface area (TPSA) is 61.3 Å². The van der Waals surface area contributed by atoms with Crippen LogP contribution in [-0.4, -0.2) is 25.3 Å². The largest absolute Gasteiger partial charge is 0.381 e. The molecule has 0 aromatic carbocycles. The second-order valence-corrected chi connectivity index (χ2v) is 3.00. The summed E-state index contributed by atoms with van der Waals surface area (Å²) < 4.78 is 5.17. The average molecular weight is 144 g/mol. The van der Waals surface area contributed by atoms with Crippen molar-refractivity contribution in [2.75, 3.05) is 7.11 Å². The highest BCUT2D eigenvalue weighted by Crippen LogP contribution is 2.18. The molecule has 1 saturated carbocycles. The van der Waals surface area contributed by atoms with Crippen LogP contribution in [0.1, 0.15) is 19.3 Å². The number of rotatable bonds is 1. The number of hydrogen-bond acceptors (Lipinski definition) is 3. The van der Waals surface area contributed by atoms with Crippen LogP contribution < -0.4 is 11.5 Å². The fraction of sp³-hybridized carbons (Fsp3) is 1.00. The third-order valence-corrected chi connectivity index (χ3v) is 2.24. The maximum absolute atomic E-state index is 5.74. The fourth-order valence-electron chi connectivity index (χ4n) is 1.40. The summed E-state index contributed by atoms with van der Waals surface area (Å²) >= 11 is 0. The van der Waals surface area contributed by atoms with Gasteiger partial charge in [-0.05, 0) is 19.3 Å². The van der Waals surface area contributed by atoms with Gasteiger partial charge in [0.1, 0.15) is 0 Å². The van der Waals surface area contributed by atoms with E-state index >= 15 is 0 Å². The van der Waals surface area contributed by atoms with Gasteiger partial charge in [0, 0.05) is 19.2 Å². The highest BCUT2D eigenvalue weighted by molar-refractivity contribution is 4.85. The van der Waals surface area contributed by atoms with Crippen LogP contribution in [0.4, 0.5) is 0 Å². The molecule has 10 heavy (non-hydrogen) atoms. The molecule has 0 aliphatic heterocycles. The summed E-state index contributed by atoms with van der Waals surface area (Å²) in [6.45, 7) is 0. The minimum atomic E-state index is 0.138. The summed E-state index contributed by atoms with van der Waals surface area (Å²) in [6, 6.07) is 0.324. The lowest BCUT2D eigenvalue weighted by Gasteiger charge is -2.30. The van der Waals surface area contributed by atoms with Crippen LogP contribution in [0.15, 0.2) is 0 Å². The monoisotopic (exact) mass is 144 g/mol. The Bertz CT molecular complexity index is 108. The Hall–Kier alpha value is -0.120. The quantitative estimate of drug-likeness (QED) is 0.537. The molecule has 0 amide bonds. The van der Waals surface area contributed by atoms with E-state index in [9.17, 15) is 0 Å². The van der Waals surface area contributed by atoms with Crippen molar-refractivity contribution in [2.24, 2.45) is 11.5 Å². The molecule has 1 unspecified atom stereocenters. The number of hydrogen-bond donors (Lipinski definition) is 2. The van der Waals surface area contributed by atoms with Gasteiger partial charge >= 0.3 is 0 Å². The SMILES string of the molecule is COC1CC[C@H](N)[C@H](N)C1. The Labute approximate surface area is 61.7 Å². The molecule has 0 radical (unpaired) electrons. The van der Waals surface area contributed by atoms with Crippen LogP contribution in [0.3, 0.4) is 0 Å². The van der Waals surface area contributed by atoms with Crippen molar-refractivity contribution >= 4 is 0 Å². The molecule has 1 rings (SSSR count). The van der Waals surface area contributed by atoms with Gasteiger partial charge in [-0.1, -0.05) is 0 Å². The molecular weight excluding hydrogens is 128 g/mol. The Morgan fingerprint density at radius 1 is 1.20 bits per heavy atom. The maximum atomic E-state index is 5.74. The van der Waals surface area contributed by atoms with E-state index in [4.69, 9.17) is 16.2 Å². The van der Waals surface area contributed by atoms with E-state index in [-0.39, 0.29) is 12.1 Å². The second kappa shape index (κ2) is 3.32. The molecule has 3 nitrogen and oxygen atoms in total. The van der Waals surface area contributed by atoms with Gasteiger partial charge in [0.25, 0.3) is 0 Å². The standard InChI is InChI=1S/C7H16N2O/c1-10-5-2-3-6(8)7(9)4-5/h5-7H,2-4,8-9H2,1H3/t5?,6-,7+/m0/s1. The third-order valence-electron chi connectivity index (χ3n) is 2.24. The normalized spacial score (nSPS) is 41.7. The lowest BCUT2D eigenvalue weighted by atomic mass is 9.89.